The van der Waals surface area contributed by atoms with E-state index in [4.69, 9.17) is 0 Å². The maximum Gasteiger partial charge on any atom is 0.223 e. The molecular formula is C22H41N3O2. The highest BCUT2D eigenvalue weighted by Crippen LogP contribution is 2.24. The van der Waals surface area contributed by atoms with Crippen molar-refractivity contribution in [1.29, 1.82) is 0 Å². The number of carbonyl (C=O) groups excluding carboxylic acids is 2. The molecule has 0 unspecified atom stereocenters. The number of likely N-dealkylation sites (tertiary alicyclic amines) is 2. The lowest BCUT2D eigenvalue weighted by Crippen LogP contribution is -2.50. The van der Waals surface area contributed by atoms with Crippen LogP contribution in [0.25, 0.3) is 0 Å². The molecule has 27 heavy (non-hydrogen) atoms. The fraction of sp³-hybridized carbons (Fsp3) is 0.909. The second kappa shape index (κ2) is 11.7. The Morgan fingerprint density at radius 1 is 1.00 bits per heavy atom. The van der Waals surface area contributed by atoms with Crippen LogP contribution in [-0.4, -0.2) is 60.4 Å². The Hall–Kier alpha value is -1.10. The van der Waals surface area contributed by atoms with Crippen LogP contribution in [0.4, 0.5) is 0 Å². The van der Waals surface area contributed by atoms with Crippen molar-refractivity contribution in [1.82, 2.24) is 15.1 Å². The summed E-state index contributed by atoms with van der Waals surface area (Å²) < 4.78 is 0. The summed E-state index contributed by atoms with van der Waals surface area (Å²) >= 11 is 0. The van der Waals surface area contributed by atoms with E-state index in [1.54, 1.807) is 0 Å². The Labute approximate surface area is 166 Å². The maximum absolute atomic E-state index is 12.3. The topological polar surface area (TPSA) is 52.7 Å². The van der Waals surface area contributed by atoms with Crippen molar-refractivity contribution in [2.45, 2.75) is 84.6 Å². The van der Waals surface area contributed by atoms with Gasteiger partial charge in [0, 0.05) is 38.0 Å². The minimum atomic E-state index is 0.189. The van der Waals surface area contributed by atoms with Gasteiger partial charge in [0.05, 0.1) is 0 Å². The summed E-state index contributed by atoms with van der Waals surface area (Å²) in [6, 6.07) is 0.592. The molecule has 0 radical (unpaired) electrons. The van der Waals surface area contributed by atoms with E-state index in [0.717, 1.165) is 84.1 Å². The number of unbranched alkanes of at least 4 members (excludes halogenated alkanes) is 2. The van der Waals surface area contributed by atoms with Crippen LogP contribution < -0.4 is 5.32 Å². The van der Waals surface area contributed by atoms with Gasteiger partial charge in [-0.3, -0.25) is 9.59 Å². The zero-order chi connectivity index (χ0) is 19.6. The number of rotatable bonds is 9. The quantitative estimate of drug-likeness (QED) is 0.625. The largest absolute Gasteiger partial charge is 0.356 e. The van der Waals surface area contributed by atoms with Crippen LogP contribution in [0.15, 0.2) is 0 Å². The Bertz CT molecular complexity index is 450. The highest BCUT2D eigenvalue weighted by Gasteiger charge is 2.31. The number of piperidine rings is 2. The summed E-state index contributed by atoms with van der Waals surface area (Å²) in [5.74, 6) is 1.42. The predicted octanol–water partition coefficient (Wildman–Crippen LogP) is 3.43. The van der Waals surface area contributed by atoms with Gasteiger partial charge in [-0.1, -0.05) is 33.6 Å². The highest BCUT2D eigenvalue weighted by molar-refractivity contribution is 5.78. The van der Waals surface area contributed by atoms with Gasteiger partial charge >= 0.3 is 0 Å². The number of nitrogens with zero attached hydrogens (tertiary/aromatic N) is 2. The first kappa shape index (κ1) is 22.2. The molecule has 2 aliphatic rings. The number of nitrogens with one attached hydrogen (secondary N) is 1. The van der Waals surface area contributed by atoms with Crippen LogP contribution in [0.3, 0.4) is 0 Å². The molecule has 0 aromatic carbocycles. The molecule has 156 valence electrons. The van der Waals surface area contributed by atoms with E-state index in [2.05, 4.69) is 35.9 Å². The highest BCUT2D eigenvalue weighted by atomic mass is 16.2. The summed E-state index contributed by atoms with van der Waals surface area (Å²) in [7, 11) is 0. The minimum absolute atomic E-state index is 0.189. The molecule has 2 saturated heterocycles. The van der Waals surface area contributed by atoms with Gasteiger partial charge in [-0.15, -0.1) is 0 Å². The maximum atomic E-state index is 12.3. The van der Waals surface area contributed by atoms with E-state index in [1.165, 1.54) is 6.42 Å². The molecule has 2 heterocycles. The van der Waals surface area contributed by atoms with Crippen molar-refractivity contribution in [2.75, 3.05) is 32.7 Å². The normalized spacial score (nSPS) is 20.2. The van der Waals surface area contributed by atoms with Crippen molar-refractivity contribution >= 4 is 11.8 Å². The van der Waals surface area contributed by atoms with E-state index in [1.807, 2.05) is 0 Å². The second-order valence-corrected chi connectivity index (χ2v) is 8.85. The van der Waals surface area contributed by atoms with Crippen molar-refractivity contribution < 1.29 is 9.59 Å². The smallest absolute Gasteiger partial charge is 0.223 e. The fourth-order valence-electron chi connectivity index (χ4n) is 4.32. The van der Waals surface area contributed by atoms with Crippen molar-refractivity contribution in [3.05, 3.63) is 0 Å². The Morgan fingerprint density at radius 3 is 2.26 bits per heavy atom. The van der Waals surface area contributed by atoms with Crippen LogP contribution in [-0.2, 0) is 9.59 Å². The Kier molecular flexibility index (Phi) is 9.60. The molecule has 1 N–H and O–H groups in total. The number of amides is 2. The molecule has 0 aliphatic carbocycles. The van der Waals surface area contributed by atoms with E-state index < -0.39 is 0 Å². The van der Waals surface area contributed by atoms with Gasteiger partial charge in [-0.05, 0) is 57.5 Å². The predicted molar refractivity (Wildman–Crippen MR) is 111 cm³/mol. The molecule has 0 atom stereocenters. The average molecular weight is 380 g/mol. The molecule has 0 saturated carbocycles. The van der Waals surface area contributed by atoms with Gasteiger partial charge in [0.25, 0.3) is 0 Å². The number of hydrogen-bond donors (Lipinski definition) is 1. The summed E-state index contributed by atoms with van der Waals surface area (Å²) in [6.45, 7) is 11.2. The molecule has 2 rings (SSSR count). The SMILES string of the molecule is CCCCCC(=O)N1CCC(N2CCC(C(=O)NCCC(C)C)CC2)CC1. The van der Waals surface area contributed by atoms with E-state index >= 15 is 0 Å². The number of hydrogen-bond acceptors (Lipinski definition) is 3. The van der Waals surface area contributed by atoms with Gasteiger partial charge in [0.1, 0.15) is 0 Å². The first-order valence-corrected chi connectivity index (χ1v) is 11.3. The summed E-state index contributed by atoms with van der Waals surface area (Å²) in [6.07, 6.45) is 9.25. The zero-order valence-corrected chi connectivity index (χ0v) is 17.8. The Balaban J connectivity index is 1.64. The zero-order valence-electron chi connectivity index (χ0n) is 17.8. The summed E-state index contributed by atoms with van der Waals surface area (Å²) in [5, 5.41) is 3.12. The third-order valence-corrected chi connectivity index (χ3v) is 6.25. The van der Waals surface area contributed by atoms with Gasteiger partial charge < -0.3 is 15.1 Å². The molecule has 2 fully saturated rings. The molecule has 2 aliphatic heterocycles. The standard InChI is InChI=1S/C22H41N3O2/c1-4-5-6-7-21(26)25-16-11-20(12-17-25)24-14-9-19(10-15-24)22(27)23-13-8-18(2)3/h18-20H,4-17H2,1-3H3,(H,23,27). The van der Waals surface area contributed by atoms with Gasteiger partial charge in [-0.2, -0.15) is 0 Å². The molecular weight excluding hydrogens is 338 g/mol. The third kappa shape index (κ3) is 7.44. The van der Waals surface area contributed by atoms with E-state index in [0.29, 0.717) is 17.9 Å². The third-order valence-electron chi connectivity index (χ3n) is 6.25. The van der Waals surface area contributed by atoms with Gasteiger partial charge in [-0.25, -0.2) is 0 Å². The first-order valence-electron chi connectivity index (χ1n) is 11.3. The molecule has 2 amide bonds. The van der Waals surface area contributed by atoms with Crippen LogP contribution in [0.2, 0.25) is 0 Å². The van der Waals surface area contributed by atoms with Crippen molar-refractivity contribution in [3.63, 3.8) is 0 Å². The van der Waals surface area contributed by atoms with E-state index in [9.17, 15) is 9.59 Å². The van der Waals surface area contributed by atoms with Crippen LogP contribution in [0.5, 0.6) is 0 Å². The minimum Gasteiger partial charge on any atom is -0.356 e. The van der Waals surface area contributed by atoms with E-state index in [-0.39, 0.29) is 11.8 Å². The lowest BCUT2D eigenvalue weighted by Gasteiger charge is -2.41. The molecule has 0 spiro atoms. The molecule has 0 aromatic heterocycles. The molecule has 5 nitrogen and oxygen atoms in total. The summed E-state index contributed by atoms with van der Waals surface area (Å²) in [5.41, 5.74) is 0. The van der Waals surface area contributed by atoms with Crippen molar-refractivity contribution in [3.8, 4) is 0 Å². The number of carbonyl (C=O) groups is 2. The molecule has 0 bridgehead atoms. The molecule has 5 heteroatoms. The Morgan fingerprint density at radius 2 is 1.67 bits per heavy atom. The van der Waals surface area contributed by atoms with Crippen LogP contribution in [0.1, 0.15) is 78.6 Å². The summed E-state index contributed by atoms with van der Waals surface area (Å²) in [4.78, 5) is 29.2. The monoisotopic (exact) mass is 379 g/mol. The van der Waals surface area contributed by atoms with Gasteiger partial charge in [0.15, 0.2) is 0 Å². The fourth-order valence-corrected chi connectivity index (χ4v) is 4.32. The van der Waals surface area contributed by atoms with Crippen LogP contribution in [0, 0.1) is 11.8 Å². The second-order valence-electron chi connectivity index (χ2n) is 8.85. The first-order chi connectivity index (χ1) is 13.0. The lowest BCUT2D eigenvalue weighted by molar-refractivity contribution is -0.133. The average Bonchev–Trinajstić information content (AvgIpc) is 2.68. The molecule has 0 aromatic rings. The van der Waals surface area contributed by atoms with Crippen LogP contribution >= 0.6 is 0 Å². The van der Waals surface area contributed by atoms with Gasteiger partial charge in [0.2, 0.25) is 11.8 Å². The van der Waals surface area contributed by atoms with Crippen molar-refractivity contribution in [2.24, 2.45) is 11.8 Å². The lowest BCUT2D eigenvalue weighted by atomic mass is 9.92.